The molecule has 0 amide bonds. The first kappa shape index (κ1) is 12.3. The maximum Gasteiger partial charge on any atom is 0.160 e. The molecule has 0 bridgehead atoms. The molecule has 1 aliphatic heterocycles. The number of hydrogen-bond acceptors (Lipinski definition) is 3. The minimum atomic E-state index is 0.457. The molecular formula is C13H16ClN3S. The molecule has 5 heteroatoms. The van der Waals surface area contributed by atoms with Crippen molar-refractivity contribution in [3.05, 3.63) is 23.7 Å². The maximum absolute atomic E-state index is 6.05. The third kappa shape index (κ3) is 2.12. The number of imidazole rings is 1. The van der Waals surface area contributed by atoms with Crippen LogP contribution in [0.3, 0.4) is 0 Å². The first-order valence-electron chi connectivity index (χ1n) is 6.28. The molecule has 96 valence electrons. The van der Waals surface area contributed by atoms with Gasteiger partial charge in [0.15, 0.2) is 5.65 Å². The molecule has 18 heavy (non-hydrogen) atoms. The number of alkyl halides is 1. The smallest absolute Gasteiger partial charge is 0.160 e. The van der Waals surface area contributed by atoms with Gasteiger partial charge < -0.3 is 4.57 Å². The Hall–Kier alpha value is -0.740. The molecule has 0 N–H and O–H groups in total. The Morgan fingerprint density at radius 3 is 2.83 bits per heavy atom. The second kappa shape index (κ2) is 5.10. The Bertz CT molecular complexity index is 561. The molecule has 3 nitrogen and oxygen atoms in total. The van der Waals surface area contributed by atoms with E-state index < -0.39 is 0 Å². The van der Waals surface area contributed by atoms with E-state index in [1.54, 1.807) is 0 Å². The number of halogens is 1. The number of aromatic nitrogens is 3. The van der Waals surface area contributed by atoms with Gasteiger partial charge in [0, 0.05) is 11.7 Å². The Morgan fingerprint density at radius 1 is 1.33 bits per heavy atom. The predicted molar refractivity (Wildman–Crippen MR) is 77.4 cm³/mol. The highest BCUT2D eigenvalue weighted by Gasteiger charge is 2.21. The quantitative estimate of drug-likeness (QED) is 0.789. The van der Waals surface area contributed by atoms with Crippen molar-refractivity contribution < 1.29 is 0 Å². The summed E-state index contributed by atoms with van der Waals surface area (Å²) in [4.78, 5) is 9.26. The molecule has 0 saturated carbocycles. The summed E-state index contributed by atoms with van der Waals surface area (Å²) in [7, 11) is 0. The summed E-state index contributed by atoms with van der Waals surface area (Å²) in [5.74, 6) is 3.86. The molecular weight excluding hydrogens is 266 g/mol. The van der Waals surface area contributed by atoms with E-state index in [4.69, 9.17) is 11.6 Å². The lowest BCUT2D eigenvalue weighted by Crippen LogP contribution is -2.17. The van der Waals surface area contributed by atoms with E-state index in [1.165, 1.54) is 24.3 Å². The van der Waals surface area contributed by atoms with Crippen LogP contribution in [0.2, 0.25) is 0 Å². The van der Waals surface area contributed by atoms with E-state index in [-0.39, 0.29) is 0 Å². The second-order valence-corrected chi connectivity index (χ2v) is 6.16. The molecule has 1 saturated heterocycles. The first-order valence-corrected chi connectivity index (χ1v) is 7.96. The molecule has 0 spiro atoms. The van der Waals surface area contributed by atoms with Crippen LogP contribution in [-0.2, 0) is 5.88 Å². The number of thioether (sulfide) groups is 1. The van der Waals surface area contributed by atoms with Crippen LogP contribution in [0.4, 0.5) is 0 Å². The van der Waals surface area contributed by atoms with Crippen LogP contribution < -0.4 is 0 Å². The Morgan fingerprint density at radius 2 is 2.11 bits per heavy atom. The largest absolute Gasteiger partial charge is 0.309 e. The van der Waals surface area contributed by atoms with Gasteiger partial charge in [0.2, 0.25) is 0 Å². The van der Waals surface area contributed by atoms with Crippen molar-refractivity contribution in [1.82, 2.24) is 14.5 Å². The molecule has 3 heterocycles. The number of hydrogen-bond donors (Lipinski definition) is 0. The fraction of sp³-hybridized carbons (Fsp3) is 0.538. The van der Waals surface area contributed by atoms with E-state index in [2.05, 4.69) is 14.5 Å². The number of rotatable bonds is 2. The minimum Gasteiger partial charge on any atom is -0.309 e. The Balaban J connectivity index is 2.14. The summed E-state index contributed by atoms with van der Waals surface area (Å²) < 4.78 is 2.27. The lowest BCUT2D eigenvalue weighted by molar-refractivity contribution is 0.467. The lowest BCUT2D eigenvalue weighted by atomic mass is 10.1. The molecule has 1 fully saturated rings. The number of nitrogens with zero attached hydrogens (tertiary/aromatic N) is 3. The number of aryl methyl sites for hydroxylation is 1. The molecule has 0 aliphatic carbocycles. The standard InChI is InChI=1S/C13H16ClN3S/c1-9-2-3-11-13(15-9)17(12(8-14)16-11)10-4-6-18-7-5-10/h2-3,10H,4-8H2,1H3. The monoisotopic (exact) mass is 281 g/mol. The van der Waals surface area contributed by atoms with Gasteiger partial charge in [-0.15, -0.1) is 11.6 Å². The SMILES string of the molecule is Cc1ccc2nc(CCl)n(C3CCSCC3)c2n1. The molecule has 0 aromatic carbocycles. The molecule has 2 aromatic heterocycles. The summed E-state index contributed by atoms with van der Waals surface area (Å²) in [6, 6.07) is 4.57. The highest BCUT2D eigenvalue weighted by Crippen LogP contribution is 2.31. The summed E-state index contributed by atoms with van der Waals surface area (Å²) in [5.41, 5.74) is 3.01. The predicted octanol–water partition coefficient (Wildman–Crippen LogP) is 3.55. The lowest BCUT2D eigenvalue weighted by Gasteiger charge is -2.24. The van der Waals surface area contributed by atoms with E-state index in [0.29, 0.717) is 11.9 Å². The van der Waals surface area contributed by atoms with Gasteiger partial charge in [-0.2, -0.15) is 11.8 Å². The molecule has 2 aromatic rings. The minimum absolute atomic E-state index is 0.457. The van der Waals surface area contributed by atoms with E-state index in [9.17, 15) is 0 Å². The van der Waals surface area contributed by atoms with Crippen molar-refractivity contribution in [2.24, 2.45) is 0 Å². The van der Waals surface area contributed by atoms with E-state index >= 15 is 0 Å². The topological polar surface area (TPSA) is 30.7 Å². The summed E-state index contributed by atoms with van der Waals surface area (Å²) in [6.07, 6.45) is 2.38. The average Bonchev–Trinajstić information content (AvgIpc) is 2.77. The molecule has 0 unspecified atom stereocenters. The van der Waals surface area contributed by atoms with Crippen molar-refractivity contribution in [3.8, 4) is 0 Å². The van der Waals surface area contributed by atoms with Gasteiger partial charge in [0.05, 0.1) is 5.88 Å². The Kier molecular flexibility index (Phi) is 3.48. The van der Waals surface area contributed by atoms with Crippen LogP contribution in [0.1, 0.15) is 30.4 Å². The average molecular weight is 282 g/mol. The van der Waals surface area contributed by atoms with Gasteiger partial charge in [-0.25, -0.2) is 9.97 Å². The third-order valence-corrected chi connectivity index (χ3v) is 4.71. The zero-order valence-corrected chi connectivity index (χ0v) is 12.0. The van der Waals surface area contributed by atoms with Crippen molar-refractivity contribution >= 4 is 34.5 Å². The van der Waals surface area contributed by atoms with Crippen molar-refractivity contribution in [2.75, 3.05) is 11.5 Å². The third-order valence-electron chi connectivity index (χ3n) is 3.43. The van der Waals surface area contributed by atoms with Crippen LogP contribution in [0.5, 0.6) is 0 Å². The fourth-order valence-electron chi connectivity index (χ4n) is 2.54. The van der Waals surface area contributed by atoms with Gasteiger partial charge in [-0.3, -0.25) is 0 Å². The zero-order valence-electron chi connectivity index (χ0n) is 10.4. The normalized spacial score (nSPS) is 17.4. The second-order valence-electron chi connectivity index (χ2n) is 4.67. The van der Waals surface area contributed by atoms with Gasteiger partial charge in [0.1, 0.15) is 11.3 Å². The fourth-order valence-corrected chi connectivity index (χ4v) is 3.81. The summed E-state index contributed by atoms with van der Waals surface area (Å²) in [5, 5.41) is 0. The van der Waals surface area contributed by atoms with Gasteiger partial charge in [-0.1, -0.05) is 0 Å². The molecule has 0 radical (unpaired) electrons. The summed E-state index contributed by atoms with van der Waals surface area (Å²) >= 11 is 8.08. The maximum atomic E-state index is 6.05. The van der Waals surface area contributed by atoms with Gasteiger partial charge in [0.25, 0.3) is 0 Å². The van der Waals surface area contributed by atoms with Crippen LogP contribution >= 0.6 is 23.4 Å². The highest BCUT2D eigenvalue weighted by atomic mass is 35.5. The van der Waals surface area contributed by atoms with Gasteiger partial charge >= 0.3 is 0 Å². The first-order chi connectivity index (χ1) is 8.79. The van der Waals surface area contributed by atoms with E-state index in [1.807, 2.05) is 30.8 Å². The van der Waals surface area contributed by atoms with Gasteiger partial charge in [-0.05, 0) is 43.4 Å². The van der Waals surface area contributed by atoms with Crippen LogP contribution in [0.25, 0.3) is 11.2 Å². The summed E-state index contributed by atoms with van der Waals surface area (Å²) in [6.45, 7) is 2.02. The van der Waals surface area contributed by atoms with Crippen LogP contribution in [0.15, 0.2) is 12.1 Å². The van der Waals surface area contributed by atoms with Crippen LogP contribution in [0, 0.1) is 6.92 Å². The highest BCUT2D eigenvalue weighted by molar-refractivity contribution is 7.99. The van der Waals surface area contributed by atoms with Crippen LogP contribution in [-0.4, -0.2) is 26.0 Å². The molecule has 3 rings (SSSR count). The van der Waals surface area contributed by atoms with Crippen molar-refractivity contribution in [2.45, 2.75) is 31.7 Å². The number of fused-ring (bicyclic) bond motifs is 1. The van der Waals surface area contributed by atoms with E-state index in [0.717, 1.165) is 22.7 Å². The zero-order chi connectivity index (χ0) is 12.5. The number of pyridine rings is 1. The van der Waals surface area contributed by atoms with Crippen molar-refractivity contribution in [1.29, 1.82) is 0 Å². The molecule has 1 aliphatic rings. The van der Waals surface area contributed by atoms with Crippen molar-refractivity contribution in [3.63, 3.8) is 0 Å². The molecule has 0 atom stereocenters. The Labute approximate surface area is 116 Å².